The van der Waals surface area contributed by atoms with Crippen LogP contribution in [0.1, 0.15) is 26.2 Å². The van der Waals surface area contributed by atoms with E-state index in [0.29, 0.717) is 18.9 Å². The first-order valence-corrected chi connectivity index (χ1v) is 5.63. The lowest BCUT2D eigenvalue weighted by Gasteiger charge is -2.10. The van der Waals surface area contributed by atoms with Gasteiger partial charge in [0.1, 0.15) is 5.57 Å². The normalized spacial score (nSPS) is 15.8. The van der Waals surface area contributed by atoms with Crippen LogP contribution < -0.4 is 0 Å². The molecule has 0 bridgehead atoms. The number of ketones is 1. The third-order valence-corrected chi connectivity index (χ3v) is 2.35. The molecule has 0 N–H and O–H groups in total. The minimum absolute atomic E-state index is 0.102. The average Bonchev–Trinajstić information content (AvgIpc) is 2.97. The zero-order valence-electron chi connectivity index (χ0n) is 10.2. The van der Waals surface area contributed by atoms with Crippen LogP contribution in [-0.2, 0) is 14.3 Å². The van der Waals surface area contributed by atoms with Gasteiger partial charge in [0, 0.05) is 26.7 Å². The Hall–Kier alpha value is -1.32. The monoisotopic (exact) mass is 225 g/mol. The van der Waals surface area contributed by atoms with Gasteiger partial charge in [-0.15, -0.1) is 0 Å². The Morgan fingerprint density at radius 2 is 2.00 bits per heavy atom. The number of hydrogen-bond donors (Lipinski definition) is 0. The summed E-state index contributed by atoms with van der Waals surface area (Å²) in [5.41, 5.74) is 0.166. The van der Waals surface area contributed by atoms with E-state index < -0.39 is 5.97 Å². The summed E-state index contributed by atoms with van der Waals surface area (Å²) >= 11 is 0. The molecule has 16 heavy (non-hydrogen) atoms. The van der Waals surface area contributed by atoms with Crippen LogP contribution in [0.15, 0.2) is 11.8 Å². The lowest BCUT2D eigenvalue weighted by Crippen LogP contribution is -2.19. The first-order valence-electron chi connectivity index (χ1n) is 5.63. The summed E-state index contributed by atoms with van der Waals surface area (Å²) in [5, 5.41) is 0. The molecule has 1 aliphatic carbocycles. The molecule has 1 rings (SSSR count). The molecule has 0 spiro atoms. The van der Waals surface area contributed by atoms with Crippen LogP contribution in [0.3, 0.4) is 0 Å². The SMILES string of the molecule is CCOC(=O)/C(=C\N(C)C)C(=O)CC1CC1. The van der Waals surface area contributed by atoms with Gasteiger partial charge in [-0.2, -0.15) is 0 Å². The number of esters is 1. The molecule has 0 amide bonds. The molecular formula is C12H19NO3. The molecule has 1 fully saturated rings. The van der Waals surface area contributed by atoms with Gasteiger partial charge in [-0.1, -0.05) is 0 Å². The van der Waals surface area contributed by atoms with E-state index in [1.165, 1.54) is 0 Å². The zero-order chi connectivity index (χ0) is 12.1. The molecule has 0 aromatic carbocycles. The van der Waals surface area contributed by atoms with Crippen molar-refractivity contribution < 1.29 is 14.3 Å². The largest absolute Gasteiger partial charge is 0.462 e. The molecule has 1 saturated carbocycles. The second-order valence-electron chi connectivity index (χ2n) is 4.30. The van der Waals surface area contributed by atoms with E-state index in [1.807, 2.05) is 0 Å². The Morgan fingerprint density at radius 1 is 1.38 bits per heavy atom. The smallest absolute Gasteiger partial charge is 0.343 e. The van der Waals surface area contributed by atoms with Gasteiger partial charge in [0.25, 0.3) is 0 Å². The third kappa shape index (κ3) is 4.04. The molecule has 0 unspecified atom stereocenters. The van der Waals surface area contributed by atoms with Crippen molar-refractivity contribution in [3.05, 3.63) is 11.8 Å². The highest BCUT2D eigenvalue weighted by Crippen LogP contribution is 2.33. The fraction of sp³-hybridized carbons (Fsp3) is 0.667. The van der Waals surface area contributed by atoms with Gasteiger partial charge in [-0.3, -0.25) is 4.79 Å². The van der Waals surface area contributed by atoms with Gasteiger partial charge in [0.2, 0.25) is 0 Å². The molecule has 0 atom stereocenters. The van der Waals surface area contributed by atoms with E-state index in [1.54, 1.807) is 32.1 Å². The van der Waals surface area contributed by atoms with Crippen molar-refractivity contribution in [1.82, 2.24) is 4.90 Å². The lowest BCUT2D eigenvalue weighted by molar-refractivity contribution is -0.140. The first-order chi connectivity index (χ1) is 7.54. The minimum atomic E-state index is -0.512. The third-order valence-electron chi connectivity index (χ3n) is 2.35. The zero-order valence-corrected chi connectivity index (χ0v) is 10.2. The fourth-order valence-corrected chi connectivity index (χ4v) is 1.40. The van der Waals surface area contributed by atoms with Crippen molar-refractivity contribution >= 4 is 11.8 Å². The summed E-state index contributed by atoms with van der Waals surface area (Å²) < 4.78 is 4.87. The standard InChI is InChI=1S/C12H19NO3/c1-4-16-12(15)10(8-13(2)3)11(14)7-9-5-6-9/h8-9H,4-7H2,1-3H3/b10-8-. The van der Waals surface area contributed by atoms with Gasteiger partial charge in [0.15, 0.2) is 5.78 Å². The van der Waals surface area contributed by atoms with Crippen molar-refractivity contribution in [1.29, 1.82) is 0 Å². The van der Waals surface area contributed by atoms with Gasteiger partial charge in [0.05, 0.1) is 6.61 Å². The van der Waals surface area contributed by atoms with Crippen molar-refractivity contribution in [3.8, 4) is 0 Å². The number of carbonyl (C=O) groups is 2. The van der Waals surface area contributed by atoms with Crippen LogP contribution in [-0.4, -0.2) is 37.4 Å². The van der Waals surface area contributed by atoms with E-state index in [2.05, 4.69) is 0 Å². The molecular weight excluding hydrogens is 206 g/mol. The molecule has 4 nitrogen and oxygen atoms in total. The lowest BCUT2D eigenvalue weighted by atomic mass is 10.1. The van der Waals surface area contributed by atoms with E-state index >= 15 is 0 Å². The maximum atomic E-state index is 11.8. The van der Waals surface area contributed by atoms with Gasteiger partial charge < -0.3 is 9.64 Å². The highest BCUT2D eigenvalue weighted by atomic mass is 16.5. The van der Waals surface area contributed by atoms with Crippen LogP contribution in [0.5, 0.6) is 0 Å². The number of nitrogens with zero attached hydrogens (tertiary/aromatic N) is 1. The molecule has 90 valence electrons. The van der Waals surface area contributed by atoms with E-state index in [9.17, 15) is 9.59 Å². The number of hydrogen-bond acceptors (Lipinski definition) is 4. The van der Waals surface area contributed by atoms with Crippen LogP contribution in [0.4, 0.5) is 0 Å². The molecule has 0 radical (unpaired) electrons. The van der Waals surface area contributed by atoms with E-state index in [0.717, 1.165) is 12.8 Å². The Kier molecular flexibility index (Phi) is 4.52. The maximum Gasteiger partial charge on any atom is 0.343 e. The van der Waals surface area contributed by atoms with Gasteiger partial charge in [-0.05, 0) is 25.7 Å². The highest BCUT2D eigenvalue weighted by Gasteiger charge is 2.28. The first kappa shape index (κ1) is 12.7. The number of ether oxygens (including phenoxy) is 1. The summed E-state index contributed by atoms with van der Waals surface area (Å²) in [7, 11) is 3.56. The number of carbonyl (C=O) groups excluding carboxylic acids is 2. The molecule has 0 saturated heterocycles. The Balaban J connectivity index is 2.68. The second kappa shape index (κ2) is 5.68. The number of rotatable bonds is 6. The molecule has 4 heteroatoms. The quantitative estimate of drug-likeness (QED) is 0.296. The summed E-state index contributed by atoms with van der Waals surface area (Å²) in [6.45, 7) is 2.02. The molecule has 0 aliphatic heterocycles. The minimum Gasteiger partial charge on any atom is -0.462 e. The van der Waals surface area contributed by atoms with Crippen molar-refractivity contribution in [2.75, 3.05) is 20.7 Å². The predicted molar refractivity (Wildman–Crippen MR) is 60.8 cm³/mol. The Labute approximate surface area is 96.3 Å². The molecule has 1 aliphatic rings. The highest BCUT2D eigenvalue weighted by molar-refractivity contribution is 6.17. The molecule has 0 aromatic rings. The van der Waals surface area contributed by atoms with Crippen molar-refractivity contribution in [2.24, 2.45) is 5.92 Å². The van der Waals surface area contributed by atoms with E-state index in [4.69, 9.17) is 4.74 Å². The maximum absolute atomic E-state index is 11.8. The Bertz CT molecular complexity index is 303. The van der Waals surface area contributed by atoms with Crippen LogP contribution in [0, 0.1) is 5.92 Å². The topological polar surface area (TPSA) is 46.6 Å². The van der Waals surface area contributed by atoms with E-state index in [-0.39, 0.29) is 11.4 Å². The van der Waals surface area contributed by atoms with Crippen LogP contribution in [0.2, 0.25) is 0 Å². The number of Topliss-reactive ketones (excluding diaryl/α,β-unsaturated/α-hetero) is 1. The molecule has 0 heterocycles. The molecule has 0 aromatic heterocycles. The summed E-state index contributed by atoms with van der Waals surface area (Å²) in [6, 6.07) is 0. The van der Waals surface area contributed by atoms with Crippen molar-refractivity contribution in [2.45, 2.75) is 26.2 Å². The summed E-state index contributed by atoms with van der Waals surface area (Å²) in [4.78, 5) is 25.1. The van der Waals surface area contributed by atoms with Gasteiger partial charge in [-0.25, -0.2) is 4.79 Å². The summed E-state index contributed by atoms with van der Waals surface area (Å²) in [5.74, 6) is -0.135. The summed E-state index contributed by atoms with van der Waals surface area (Å²) in [6.07, 6.45) is 4.22. The predicted octanol–water partition coefficient (Wildman–Crippen LogP) is 1.36. The second-order valence-corrected chi connectivity index (χ2v) is 4.30. The van der Waals surface area contributed by atoms with Crippen LogP contribution >= 0.6 is 0 Å². The average molecular weight is 225 g/mol. The van der Waals surface area contributed by atoms with Crippen molar-refractivity contribution in [3.63, 3.8) is 0 Å². The Morgan fingerprint density at radius 3 is 2.44 bits per heavy atom. The van der Waals surface area contributed by atoms with Crippen LogP contribution in [0.25, 0.3) is 0 Å². The fourth-order valence-electron chi connectivity index (χ4n) is 1.40. The van der Waals surface area contributed by atoms with Gasteiger partial charge >= 0.3 is 5.97 Å².